The molecule has 2 fully saturated rings. The Bertz CT molecular complexity index is 344. The van der Waals surface area contributed by atoms with Crippen molar-refractivity contribution in [2.75, 3.05) is 66.6 Å². The normalized spacial score (nSPS) is 34.9. The average Bonchev–Trinajstić information content (AvgIpc) is 2.75. The van der Waals surface area contributed by atoms with Gasteiger partial charge < -0.3 is 13.7 Å². The lowest BCUT2D eigenvalue weighted by molar-refractivity contribution is -0.928. The van der Waals surface area contributed by atoms with Crippen molar-refractivity contribution in [3.8, 4) is 0 Å². The SMILES string of the molecule is C[N+]1(CCC[N+]2(C)C[C@@H]3CC=CC[C@H]3C2)CCOCC1. The van der Waals surface area contributed by atoms with Crippen molar-refractivity contribution in [3.63, 3.8) is 0 Å². The molecule has 3 nitrogen and oxygen atoms in total. The van der Waals surface area contributed by atoms with Crippen LogP contribution in [0.3, 0.4) is 0 Å². The van der Waals surface area contributed by atoms with E-state index in [1.165, 1.54) is 67.5 Å². The third kappa shape index (κ3) is 3.26. The Kier molecular flexibility index (Phi) is 4.21. The molecule has 0 radical (unpaired) electrons. The van der Waals surface area contributed by atoms with Crippen molar-refractivity contribution in [3.05, 3.63) is 12.2 Å². The molecule has 0 aromatic heterocycles. The maximum atomic E-state index is 5.50. The van der Waals surface area contributed by atoms with Gasteiger partial charge >= 0.3 is 0 Å². The Morgan fingerprint density at radius 2 is 1.45 bits per heavy atom. The van der Waals surface area contributed by atoms with Gasteiger partial charge in [0.05, 0.1) is 53.5 Å². The predicted molar refractivity (Wildman–Crippen MR) is 82.4 cm³/mol. The van der Waals surface area contributed by atoms with Crippen LogP contribution in [-0.2, 0) is 4.74 Å². The second-order valence-electron chi connectivity index (χ2n) is 7.93. The van der Waals surface area contributed by atoms with E-state index in [1.54, 1.807) is 0 Å². The molecule has 0 spiro atoms. The number of hydrogen-bond acceptors (Lipinski definition) is 1. The lowest BCUT2D eigenvalue weighted by Crippen LogP contribution is -2.53. The molecule has 2 heterocycles. The molecule has 20 heavy (non-hydrogen) atoms. The highest BCUT2D eigenvalue weighted by Crippen LogP contribution is 2.36. The minimum absolute atomic E-state index is 0.957. The minimum atomic E-state index is 0.957. The summed E-state index contributed by atoms with van der Waals surface area (Å²) in [7, 11) is 4.91. The van der Waals surface area contributed by atoms with E-state index in [-0.39, 0.29) is 0 Å². The molecule has 0 aromatic carbocycles. The largest absolute Gasteiger partial charge is 0.370 e. The van der Waals surface area contributed by atoms with Crippen molar-refractivity contribution < 1.29 is 13.7 Å². The topological polar surface area (TPSA) is 9.23 Å². The third-order valence-electron chi connectivity index (χ3n) is 6.01. The number of ether oxygens (including phenoxy) is 1. The molecule has 114 valence electrons. The van der Waals surface area contributed by atoms with E-state index < -0.39 is 0 Å². The molecule has 2 aliphatic heterocycles. The summed E-state index contributed by atoms with van der Waals surface area (Å²) in [4.78, 5) is 0. The van der Waals surface area contributed by atoms with Gasteiger partial charge in [-0.3, -0.25) is 0 Å². The van der Waals surface area contributed by atoms with Gasteiger partial charge in [0.15, 0.2) is 0 Å². The fourth-order valence-corrected chi connectivity index (χ4v) is 4.61. The van der Waals surface area contributed by atoms with E-state index in [4.69, 9.17) is 4.74 Å². The molecule has 2 saturated heterocycles. The Morgan fingerprint density at radius 1 is 0.900 bits per heavy atom. The summed E-state index contributed by atoms with van der Waals surface area (Å²) in [6.45, 7) is 9.88. The van der Waals surface area contributed by atoms with Crippen LogP contribution in [0.5, 0.6) is 0 Å². The van der Waals surface area contributed by atoms with Gasteiger partial charge in [0.2, 0.25) is 0 Å². The Balaban J connectivity index is 1.46. The number of hydrogen-bond donors (Lipinski definition) is 0. The number of quaternary nitrogens is 2. The van der Waals surface area contributed by atoms with Crippen LogP contribution in [0.1, 0.15) is 19.3 Å². The number of likely N-dealkylation sites (tertiary alicyclic amines) is 1. The second kappa shape index (κ2) is 5.78. The van der Waals surface area contributed by atoms with Crippen molar-refractivity contribution in [1.82, 2.24) is 0 Å². The number of rotatable bonds is 4. The van der Waals surface area contributed by atoms with E-state index >= 15 is 0 Å². The second-order valence-corrected chi connectivity index (χ2v) is 7.93. The van der Waals surface area contributed by atoms with Gasteiger partial charge in [-0.15, -0.1) is 0 Å². The van der Waals surface area contributed by atoms with Crippen LogP contribution in [0, 0.1) is 11.8 Å². The predicted octanol–water partition coefficient (Wildman–Crippen LogP) is 1.90. The zero-order chi connectivity index (χ0) is 14.1. The van der Waals surface area contributed by atoms with E-state index in [0.717, 1.165) is 25.0 Å². The molecule has 2 atom stereocenters. The number of morpholine rings is 1. The average molecular weight is 280 g/mol. The molecule has 1 aliphatic carbocycles. The quantitative estimate of drug-likeness (QED) is 0.564. The van der Waals surface area contributed by atoms with Crippen LogP contribution in [0.4, 0.5) is 0 Å². The smallest absolute Gasteiger partial charge is 0.102 e. The van der Waals surface area contributed by atoms with Gasteiger partial charge in [-0.2, -0.15) is 0 Å². The molecule has 0 bridgehead atoms. The summed E-state index contributed by atoms with van der Waals surface area (Å²) < 4.78 is 8.06. The molecule has 3 heteroatoms. The zero-order valence-electron chi connectivity index (χ0n) is 13.4. The van der Waals surface area contributed by atoms with Crippen molar-refractivity contribution >= 4 is 0 Å². The fourth-order valence-electron chi connectivity index (χ4n) is 4.61. The van der Waals surface area contributed by atoms with Gasteiger partial charge in [0, 0.05) is 18.3 Å². The van der Waals surface area contributed by atoms with E-state index in [9.17, 15) is 0 Å². The van der Waals surface area contributed by atoms with Crippen LogP contribution in [0.2, 0.25) is 0 Å². The van der Waals surface area contributed by atoms with Crippen LogP contribution >= 0.6 is 0 Å². The Labute approximate surface area is 124 Å². The fraction of sp³-hybridized carbons (Fsp3) is 0.882. The van der Waals surface area contributed by atoms with Crippen LogP contribution in [0.15, 0.2) is 12.2 Å². The van der Waals surface area contributed by atoms with E-state index in [1.807, 2.05) is 0 Å². The first-order valence-electron chi connectivity index (χ1n) is 8.49. The first-order chi connectivity index (χ1) is 9.59. The van der Waals surface area contributed by atoms with Gasteiger partial charge in [-0.1, -0.05) is 12.2 Å². The summed E-state index contributed by atoms with van der Waals surface area (Å²) in [5.41, 5.74) is 0. The highest BCUT2D eigenvalue weighted by atomic mass is 16.5. The molecule has 0 unspecified atom stereocenters. The Hall–Kier alpha value is -0.380. The summed E-state index contributed by atoms with van der Waals surface area (Å²) in [5.74, 6) is 1.94. The summed E-state index contributed by atoms with van der Waals surface area (Å²) in [5, 5.41) is 0. The number of likely N-dealkylation sites (N-methyl/N-ethyl adjacent to an activating group) is 1. The molecular weight excluding hydrogens is 248 g/mol. The van der Waals surface area contributed by atoms with Crippen molar-refractivity contribution in [2.45, 2.75) is 19.3 Å². The molecular formula is C17H32N2O+2. The molecule has 0 aromatic rings. The zero-order valence-corrected chi connectivity index (χ0v) is 13.4. The molecule has 3 rings (SSSR count). The number of fused-ring (bicyclic) bond motifs is 1. The van der Waals surface area contributed by atoms with E-state index in [0.29, 0.717) is 0 Å². The van der Waals surface area contributed by atoms with E-state index in [2.05, 4.69) is 26.2 Å². The lowest BCUT2D eigenvalue weighted by atomic mass is 9.86. The Morgan fingerprint density at radius 3 is 2.05 bits per heavy atom. The standard InChI is InChI=1S/C17H32N2O/c1-18(10-12-20-13-11-18)8-5-9-19(2)14-16-6-3-4-7-17(16)15-19/h3-4,16-17H,5-15H2,1-2H3/q+2/t16-,17-/m0/s1. The first kappa shape index (κ1) is 14.6. The monoisotopic (exact) mass is 280 g/mol. The van der Waals surface area contributed by atoms with Gasteiger partial charge in [-0.25, -0.2) is 0 Å². The first-order valence-corrected chi connectivity index (χ1v) is 8.49. The lowest BCUT2D eigenvalue weighted by Gasteiger charge is -2.38. The summed E-state index contributed by atoms with van der Waals surface area (Å²) in [6.07, 6.45) is 8.88. The van der Waals surface area contributed by atoms with Crippen LogP contribution in [-0.4, -0.2) is 75.5 Å². The van der Waals surface area contributed by atoms with Gasteiger partial charge in [-0.05, 0) is 12.8 Å². The van der Waals surface area contributed by atoms with Gasteiger partial charge in [0.25, 0.3) is 0 Å². The van der Waals surface area contributed by atoms with Gasteiger partial charge in [0.1, 0.15) is 13.1 Å². The summed E-state index contributed by atoms with van der Waals surface area (Å²) >= 11 is 0. The van der Waals surface area contributed by atoms with Crippen LogP contribution < -0.4 is 0 Å². The third-order valence-corrected chi connectivity index (χ3v) is 6.01. The van der Waals surface area contributed by atoms with Crippen LogP contribution in [0.25, 0.3) is 0 Å². The maximum Gasteiger partial charge on any atom is 0.102 e. The molecule has 3 aliphatic rings. The molecule has 0 N–H and O–H groups in total. The molecule has 0 amide bonds. The number of nitrogens with zero attached hydrogens (tertiary/aromatic N) is 2. The molecule has 0 saturated carbocycles. The highest BCUT2D eigenvalue weighted by molar-refractivity contribution is 4.96. The minimum Gasteiger partial charge on any atom is -0.370 e. The van der Waals surface area contributed by atoms with Crippen molar-refractivity contribution in [2.24, 2.45) is 11.8 Å². The van der Waals surface area contributed by atoms with Crippen molar-refractivity contribution in [1.29, 1.82) is 0 Å². The maximum absolute atomic E-state index is 5.50. The highest BCUT2D eigenvalue weighted by Gasteiger charge is 2.42. The number of allylic oxidation sites excluding steroid dienone is 2. The summed E-state index contributed by atoms with van der Waals surface area (Å²) in [6, 6.07) is 0.